The zero-order valence-electron chi connectivity index (χ0n) is 19.4. The van der Waals surface area contributed by atoms with Crippen LogP contribution in [0.4, 0.5) is 0 Å². The van der Waals surface area contributed by atoms with E-state index in [0.717, 1.165) is 24.2 Å². The molecule has 0 atom stereocenters. The van der Waals surface area contributed by atoms with Crippen LogP contribution in [0.25, 0.3) is 0 Å². The van der Waals surface area contributed by atoms with Crippen LogP contribution in [0, 0.1) is 0 Å². The third kappa shape index (κ3) is 6.13. The lowest BCUT2D eigenvalue weighted by atomic mass is 10.0. The Labute approximate surface area is 198 Å². The summed E-state index contributed by atoms with van der Waals surface area (Å²) in [5.74, 6) is -1.25. The Morgan fingerprint density at radius 1 is 0.941 bits per heavy atom. The third-order valence-corrected chi connectivity index (χ3v) is 5.40. The first-order chi connectivity index (χ1) is 16.4. The van der Waals surface area contributed by atoms with Crippen LogP contribution in [-0.4, -0.2) is 28.3 Å². The highest BCUT2D eigenvalue weighted by Gasteiger charge is 2.25. The highest BCUT2D eigenvalue weighted by atomic mass is 16.5. The maximum Gasteiger partial charge on any atom is 0.351 e. The van der Waals surface area contributed by atoms with E-state index < -0.39 is 28.7 Å². The average molecular weight is 464 g/mol. The van der Waals surface area contributed by atoms with Crippen LogP contribution in [-0.2, 0) is 13.0 Å². The molecule has 3 aromatic rings. The van der Waals surface area contributed by atoms with Gasteiger partial charge in [0.25, 0.3) is 5.95 Å². The van der Waals surface area contributed by atoms with E-state index in [1.54, 1.807) is 13.8 Å². The van der Waals surface area contributed by atoms with Gasteiger partial charge in [-0.05, 0) is 42.5 Å². The molecule has 0 aliphatic rings. The number of benzene rings is 2. The molecule has 1 heterocycles. The molecule has 2 aromatic carbocycles. The fourth-order valence-corrected chi connectivity index (χ4v) is 3.55. The predicted molar refractivity (Wildman–Crippen MR) is 130 cm³/mol. The summed E-state index contributed by atoms with van der Waals surface area (Å²) in [4.78, 5) is 28.8. The topological polar surface area (TPSA) is 109 Å². The number of aromatic hydroxyl groups is 2. The van der Waals surface area contributed by atoms with E-state index in [9.17, 15) is 19.8 Å². The molecule has 0 aliphatic heterocycles. The minimum atomic E-state index is -0.942. The van der Waals surface area contributed by atoms with Gasteiger partial charge in [0, 0.05) is 6.42 Å². The van der Waals surface area contributed by atoms with Gasteiger partial charge in [0.2, 0.25) is 0 Å². The van der Waals surface area contributed by atoms with Gasteiger partial charge in [-0.2, -0.15) is 0 Å². The Morgan fingerprint density at radius 2 is 1.65 bits per heavy atom. The second-order valence-corrected chi connectivity index (χ2v) is 7.77. The van der Waals surface area contributed by atoms with Crippen LogP contribution < -0.4 is 10.4 Å². The molecular weight excluding hydrogens is 434 g/mol. The number of aliphatic imine (C=N–C) groups is 1. The van der Waals surface area contributed by atoms with Crippen molar-refractivity contribution in [3.05, 3.63) is 87.3 Å². The summed E-state index contributed by atoms with van der Waals surface area (Å²) < 4.78 is 10.6. The van der Waals surface area contributed by atoms with Crippen molar-refractivity contribution in [1.82, 2.24) is 0 Å². The van der Waals surface area contributed by atoms with E-state index in [1.165, 1.54) is 5.56 Å². The van der Waals surface area contributed by atoms with E-state index in [4.69, 9.17) is 9.15 Å². The number of hydrogen-bond donors (Lipinski definition) is 2. The maximum absolute atomic E-state index is 12.3. The molecule has 0 saturated carbocycles. The molecule has 178 valence electrons. The first-order valence-electron chi connectivity index (χ1n) is 11.4. The average Bonchev–Trinajstić information content (AvgIpc) is 2.84. The molecule has 0 bridgehead atoms. The number of ether oxygens (including phenoxy) is 1. The third-order valence-electron chi connectivity index (χ3n) is 5.40. The summed E-state index contributed by atoms with van der Waals surface area (Å²) in [5.41, 5.74) is 0.920. The lowest BCUT2D eigenvalue weighted by Crippen LogP contribution is -2.17. The Hall–Kier alpha value is -3.87. The monoisotopic (exact) mass is 463 g/mol. The van der Waals surface area contributed by atoms with E-state index in [1.807, 2.05) is 42.5 Å². The smallest absolute Gasteiger partial charge is 0.351 e. The van der Waals surface area contributed by atoms with E-state index in [0.29, 0.717) is 13.0 Å². The summed E-state index contributed by atoms with van der Waals surface area (Å²) in [6.45, 7) is 4.23. The van der Waals surface area contributed by atoms with Crippen molar-refractivity contribution < 1.29 is 24.2 Å². The summed E-state index contributed by atoms with van der Waals surface area (Å²) in [6, 6.07) is 17.8. The number of carbonyl (C=O) groups excluding carboxylic acids is 1. The molecule has 3 rings (SSSR count). The molecular formula is C27H29NO6. The van der Waals surface area contributed by atoms with Gasteiger partial charge < -0.3 is 19.4 Å². The molecule has 1 aromatic heterocycles. The van der Waals surface area contributed by atoms with Gasteiger partial charge in [-0.3, -0.25) is 9.79 Å². The molecule has 0 unspecified atom stereocenters. The van der Waals surface area contributed by atoms with Crippen LogP contribution in [0.2, 0.25) is 0 Å². The number of nitrogens with zero attached hydrogens (tertiary/aromatic N) is 1. The maximum atomic E-state index is 12.3. The van der Waals surface area contributed by atoms with Gasteiger partial charge >= 0.3 is 5.63 Å². The van der Waals surface area contributed by atoms with Gasteiger partial charge in [0.15, 0.2) is 5.78 Å². The Morgan fingerprint density at radius 3 is 2.29 bits per heavy atom. The molecule has 34 heavy (non-hydrogen) atoms. The summed E-state index contributed by atoms with van der Waals surface area (Å²) in [5, 5.41) is 20.3. The summed E-state index contributed by atoms with van der Waals surface area (Å²) in [6.07, 6.45) is 2.23. The van der Waals surface area contributed by atoms with Crippen molar-refractivity contribution in [3.63, 3.8) is 0 Å². The van der Waals surface area contributed by atoms with E-state index >= 15 is 0 Å². The van der Waals surface area contributed by atoms with Gasteiger partial charge in [-0.1, -0.05) is 56.3 Å². The molecule has 0 fully saturated rings. The second-order valence-electron chi connectivity index (χ2n) is 7.77. The van der Waals surface area contributed by atoms with Crippen LogP contribution in [0.3, 0.4) is 0 Å². The van der Waals surface area contributed by atoms with Gasteiger partial charge in [-0.15, -0.1) is 0 Å². The molecule has 7 heteroatoms. The van der Waals surface area contributed by atoms with Crippen molar-refractivity contribution in [2.75, 3.05) is 6.61 Å². The number of rotatable bonds is 11. The molecule has 7 nitrogen and oxygen atoms in total. The first kappa shape index (κ1) is 24.8. The molecule has 0 spiro atoms. The zero-order chi connectivity index (χ0) is 24.5. The van der Waals surface area contributed by atoms with Crippen molar-refractivity contribution in [2.45, 2.75) is 46.1 Å². The summed E-state index contributed by atoms with van der Waals surface area (Å²) in [7, 11) is 0. The van der Waals surface area contributed by atoms with E-state index in [2.05, 4.69) is 17.1 Å². The van der Waals surface area contributed by atoms with Crippen LogP contribution in [0.15, 0.2) is 68.8 Å². The SMILES string of the molecule is CCC(=O)c1c(O)oc(=O)c(C(CC)=NCc2ccc(OCCCc3ccccc3)cc2)c1O. The van der Waals surface area contributed by atoms with Crippen LogP contribution in [0.5, 0.6) is 17.4 Å². The Kier molecular flexibility index (Phi) is 8.62. The Bertz CT molecular complexity index is 1200. The largest absolute Gasteiger partial charge is 0.506 e. The number of ketones is 1. The highest BCUT2D eigenvalue weighted by molar-refractivity contribution is 6.07. The summed E-state index contributed by atoms with van der Waals surface area (Å²) >= 11 is 0. The van der Waals surface area contributed by atoms with E-state index in [-0.39, 0.29) is 24.2 Å². The number of carbonyl (C=O) groups is 1. The fraction of sp³-hybridized carbons (Fsp3) is 0.296. The van der Waals surface area contributed by atoms with Gasteiger partial charge in [-0.25, -0.2) is 4.79 Å². The highest BCUT2D eigenvalue weighted by Crippen LogP contribution is 2.30. The van der Waals surface area contributed by atoms with Crippen molar-refractivity contribution in [2.24, 2.45) is 4.99 Å². The lowest BCUT2D eigenvalue weighted by Gasteiger charge is -2.10. The standard InChI is InChI=1S/C27H29NO6/c1-3-21(23-25(30)24(22(29)4-2)27(32)34-26(23)31)28-17-19-12-14-20(15-13-19)33-16-8-11-18-9-6-5-7-10-18/h5-7,9-10,12-15,30,32H,3-4,8,11,16-17H2,1-2H3. The minimum absolute atomic E-state index is 0.0353. The van der Waals surface area contributed by atoms with Crippen LogP contribution >= 0.6 is 0 Å². The number of hydrogen-bond acceptors (Lipinski definition) is 7. The second kappa shape index (κ2) is 11.8. The zero-order valence-corrected chi connectivity index (χ0v) is 19.4. The molecule has 0 amide bonds. The normalized spacial score (nSPS) is 11.4. The first-order valence-corrected chi connectivity index (χ1v) is 11.4. The van der Waals surface area contributed by atoms with Crippen molar-refractivity contribution in [3.8, 4) is 17.4 Å². The van der Waals surface area contributed by atoms with Crippen molar-refractivity contribution in [1.29, 1.82) is 0 Å². The fourth-order valence-electron chi connectivity index (χ4n) is 3.55. The van der Waals surface area contributed by atoms with Crippen molar-refractivity contribution >= 4 is 11.5 Å². The quantitative estimate of drug-likeness (QED) is 0.234. The Balaban J connectivity index is 1.66. The molecule has 2 N–H and O–H groups in total. The van der Waals surface area contributed by atoms with Gasteiger partial charge in [0.1, 0.15) is 22.6 Å². The predicted octanol–water partition coefficient (Wildman–Crippen LogP) is 5.05. The number of aryl methyl sites for hydroxylation is 1. The molecule has 0 radical (unpaired) electrons. The number of Topliss-reactive ketones (excluding diaryl/α,β-unsaturated/α-hetero) is 1. The molecule has 0 saturated heterocycles. The van der Waals surface area contributed by atoms with Crippen LogP contribution in [0.1, 0.15) is 60.2 Å². The molecule has 0 aliphatic carbocycles. The minimum Gasteiger partial charge on any atom is -0.506 e. The van der Waals surface area contributed by atoms with Gasteiger partial charge in [0.05, 0.1) is 18.9 Å². The lowest BCUT2D eigenvalue weighted by molar-refractivity contribution is 0.0976.